The van der Waals surface area contributed by atoms with Crippen molar-refractivity contribution in [2.24, 2.45) is 0 Å². The van der Waals surface area contributed by atoms with E-state index in [2.05, 4.69) is 0 Å². The molecule has 1 aromatic carbocycles. The van der Waals surface area contributed by atoms with E-state index in [0.717, 1.165) is 12.8 Å². The first-order valence-corrected chi connectivity index (χ1v) is 6.25. The predicted octanol–water partition coefficient (Wildman–Crippen LogP) is 2.83. The maximum atomic E-state index is 13.3. The molecule has 0 atom stereocenters. The van der Waals surface area contributed by atoms with Gasteiger partial charge >= 0.3 is 5.69 Å². The second kappa shape index (κ2) is 4.28. The van der Waals surface area contributed by atoms with Crippen LogP contribution in [0.25, 0.3) is 0 Å². The summed E-state index contributed by atoms with van der Waals surface area (Å²) in [5.74, 6) is -0.455. The third-order valence-electron chi connectivity index (χ3n) is 3.19. The number of benzene rings is 1. The van der Waals surface area contributed by atoms with Gasteiger partial charge in [-0.1, -0.05) is 23.7 Å². The highest BCUT2D eigenvalue weighted by molar-refractivity contribution is 6.31. The average molecular weight is 267 g/mol. The molecule has 0 bridgehead atoms. The van der Waals surface area contributed by atoms with E-state index in [1.165, 1.54) is 6.07 Å². The van der Waals surface area contributed by atoms with Crippen molar-refractivity contribution >= 4 is 11.6 Å². The van der Waals surface area contributed by atoms with Crippen LogP contribution in [0.5, 0.6) is 0 Å². The van der Waals surface area contributed by atoms with Crippen molar-refractivity contribution in [2.75, 3.05) is 0 Å². The van der Waals surface area contributed by atoms with Gasteiger partial charge in [0.15, 0.2) is 0 Å². The minimum atomic E-state index is -0.455. The van der Waals surface area contributed by atoms with Gasteiger partial charge in [-0.25, -0.2) is 9.18 Å². The summed E-state index contributed by atoms with van der Waals surface area (Å²) in [4.78, 5) is 12.0. The Morgan fingerprint density at radius 1 is 1.33 bits per heavy atom. The van der Waals surface area contributed by atoms with Gasteiger partial charge in [-0.2, -0.15) is 0 Å². The fourth-order valence-corrected chi connectivity index (χ4v) is 2.22. The smallest absolute Gasteiger partial charge is 0.296 e. The van der Waals surface area contributed by atoms with Gasteiger partial charge in [-0.15, -0.1) is 0 Å². The van der Waals surface area contributed by atoms with Crippen LogP contribution in [0.2, 0.25) is 5.02 Å². The Morgan fingerprint density at radius 3 is 2.83 bits per heavy atom. The molecule has 5 heteroatoms. The molecule has 1 aromatic heterocycles. The number of rotatable bonds is 3. The molecule has 0 radical (unpaired) electrons. The first-order valence-electron chi connectivity index (χ1n) is 5.87. The molecule has 0 N–H and O–H groups in total. The quantitative estimate of drug-likeness (QED) is 0.839. The highest BCUT2D eigenvalue weighted by Crippen LogP contribution is 2.33. The van der Waals surface area contributed by atoms with Crippen LogP contribution in [-0.2, 0) is 6.54 Å². The molecule has 0 aliphatic heterocycles. The van der Waals surface area contributed by atoms with E-state index in [-0.39, 0.29) is 10.7 Å². The van der Waals surface area contributed by atoms with Gasteiger partial charge < -0.3 is 0 Å². The Bertz CT molecular complexity index is 643. The second-order valence-corrected chi connectivity index (χ2v) is 4.94. The molecular weight excluding hydrogens is 255 g/mol. The van der Waals surface area contributed by atoms with Crippen LogP contribution in [0.1, 0.15) is 24.4 Å². The SMILES string of the molecule is O=c1n(Cc2cccc(F)c2Cl)ccn1C1CC1. The number of hydrogen-bond donors (Lipinski definition) is 0. The van der Waals surface area contributed by atoms with Crippen LogP contribution in [0.15, 0.2) is 35.4 Å². The zero-order chi connectivity index (χ0) is 12.7. The number of hydrogen-bond acceptors (Lipinski definition) is 1. The first kappa shape index (κ1) is 11.5. The van der Waals surface area contributed by atoms with Gasteiger partial charge in [0.1, 0.15) is 5.82 Å². The fourth-order valence-electron chi connectivity index (χ4n) is 2.03. The lowest BCUT2D eigenvalue weighted by atomic mass is 10.2. The van der Waals surface area contributed by atoms with E-state index in [0.29, 0.717) is 18.2 Å². The maximum Gasteiger partial charge on any atom is 0.328 e. The summed E-state index contributed by atoms with van der Waals surface area (Å²) in [7, 11) is 0. The summed E-state index contributed by atoms with van der Waals surface area (Å²) in [6, 6.07) is 4.98. The molecule has 0 unspecified atom stereocenters. The van der Waals surface area contributed by atoms with Crippen molar-refractivity contribution in [3.63, 3.8) is 0 Å². The normalized spacial score (nSPS) is 15.0. The van der Waals surface area contributed by atoms with E-state index >= 15 is 0 Å². The van der Waals surface area contributed by atoms with Crippen LogP contribution < -0.4 is 5.69 Å². The van der Waals surface area contributed by atoms with Crippen LogP contribution in [0.4, 0.5) is 4.39 Å². The van der Waals surface area contributed by atoms with E-state index in [1.54, 1.807) is 33.7 Å². The molecule has 1 fully saturated rings. The van der Waals surface area contributed by atoms with Crippen molar-refractivity contribution < 1.29 is 4.39 Å². The third-order valence-corrected chi connectivity index (χ3v) is 3.61. The van der Waals surface area contributed by atoms with Crippen molar-refractivity contribution in [1.82, 2.24) is 9.13 Å². The minimum absolute atomic E-state index is 0.0576. The lowest BCUT2D eigenvalue weighted by Gasteiger charge is -2.05. The van der Waals surface area contributed by atoms with E-state index in [9.17, 15) is 9.18 Å². The molecule has 3 rings (SSSR count). The van der Waals surface area contributed by atoms with Crippen LogP contribution in [0, 0.1) is 5.82 Å². The first-order chi connectivity index (χ1) is 8.66. The van der Waals surface area contributed by atoms with Crippen molar-refractivity contribution in [1.29, 1.82) is 0 Å². The fraction of sp³-hybridized carbons (Fsp3) is 0.308. The Hall–Kier alpha value is -1.55. The topological polar surface area (TPSA) is 26.9 Å². The molecule has 94 valence electrons. The number of aromatic nitrogens is 2. The molecule has 1 aliphatic carbocycles. The van der Waals surface area contributed by atoms with Gasteiger partial charge in [0.2, 0.25) is 0 Å². The second-order valence-electron chi connectivity index (χ2n) is 4.56. The Morgan fingerprint density at radius 2 is 2.11 bits per heavy atom. The minimum Gasteiger partial charge on any atom is -0.296 e. The molecular formula is C13H12ClFN2O. The summed E-state index contributed by atoms with van der Waals surface area (Å²) < 4.78 is 16.6. The highest BCUT2D eigenvalue weighted by atomic mass is 35.5. The Kier molecular flexibility index (Phi) is 2.74. The predicted molar refractivity (Wildman–Crippen MR) is 67.5 cm³/mol. The molecule has 1 saturated carbocycles. The van der Waals surface area contributed by atoms with E-state index in [4.69, 9.17) is 11.6 Å². The third kappa shape index (κ3) is 1.97. The number of halogens is 2. The Labute approximate surface area is 108 Å². The zero-order valence-corrected chi connectivity index (χ0v) is 10.4. The molecule has 1 aliphatic rings. The summed E-state index contributed by atoms with van der Waals surface area (Å²) in [6.07, 6.45) is 5.63. The maximum absolute atomic E-state index is 13.3. The number of nitrogens with zero attached hydrogens (tertiary/aromatic N) is 2. The summed E-state index contributed by atoms with van der Waals surface area (Å²) in [5, 5.41) is 0.0866. The van der Waals surface area contributed by atoms with Crippen LogP contribution >= 0.6 is 11.6 Å². The van der Waals surface area contributed by atoms with Gasteiger partial charge in [0, 0.05) is 18.4 Å². The number of imidazole rings is 1. The van der Waals surface area contributed by atoms with Crippen LogP contribution in [0.3, 0.4) is 0 Å². The molecule has 3 nitrogen and oxygen atoms in total. The van der Waals surface area contributed by atoms with Gasteiger partial charge in [0.05, 0.1) is 11.6 Å². The standard InChI is InChI=1S/C13H12ClFN2O/c14-12-9(2-1-3-11(12)15)8-16-6-7-17(13(16)18)10-4-5-10/h1-3,6-7,10H,4-5,8H2. The van der Waals surface area contributed by atoms with Gasteiger partial charge in [-0.3, -0.25) is 9.13 Å². The highest BCUT2D eigenvalue weighted by Gasteiger charge is 2.25. The Balaban J connectivity index is 1.92. The lowest BCUT2D eigenvalue weighted by molar-refractivity contribution is 0.620. The zero-order valence-electron chi connectivity index (χ0n) is 9.64. The van der Waals surface area contributed by atoms with Gasteiger partial charge in [-0.05, 0) is 24.5 Å². The van der Waals surface area contributed by atoms with E-state index in [1.807, 2.05) is 0 Å². The van der Waals surface area contributed by atoms with Gasteiger partial charge in [0.25, 0.3) is 0 Å². The largest absolute Gasteiger partial charge is 0.328 e. The molecule has 1 heterocycles. The molecule has 0 spiro atoms. The summed E-state index contributed by atoms with van der Waals surface area (Å²) in [6.45, 7) is 0.301. The van der Waals surface area contributed by atoms with Crippen molar-refractivity contribution in [3.8, 4) is 0 Å². The molecule has 2 aromatic rings. The summed E-state index contributed by atoms with van der Waals surface area (Å²) in [5.41, 5.74) is 0.560. The summed E-state index contributed by atoms with van der Waals surface area (Å²) >= 11 is 5.88. The molecule has 18 heavy (non-hydrogen) atoms. The monoisotopic (exact) mass is 266 g/mol. The average Bonchev–Trinajstić information content (AvgIpc) is 3.12. The van der Waals surface area contributed by atoms with Crippen molar-refractivity contribution in [3.05, 3.63) is 57.5 Å². The molecule has 0 saturated heterocycles. The lowest BCUT2D eigenvalue weighted by Crippen LogP contribution is -2.23. The van der Waals surface area contributed by atoms with E-state index < -0.39 is 5.82 Å². The molecule has 0 amide bonds. The van der Waals surface area contributed by atoms with Crippen molar-refractivity contribution in [2.45, 2.75) is 25.4 Å². The van der Waals surface area contributed by atoms with Crippen LogP contribution in [-0.4, -0.2) is 9.13 Å².